The second-order valence-corrected chi connectivity index (χ2v) is 5.35. The van der Waals surface area contributed by atoms with E-state index in [1.54, 1.807) is 12.1 Å². The summed E-state index contributed by atoms with van der Waals surface area (Å²) in [4.78, 5) is 1.84. The summed E-state index contributed by atoms with van der Waals surface area (Å²) in [5, 5.41) is 23.1. The predicted octanol–water partition coefficient (Wildman–Crippen LogP) is 0.951. The molecule has 5 heteroatoms. The highest BCUT2D eigenvalue weighted by atomic mass is 16.3. The molecule has 0 amide bonds. The van der Waals surface area contributed by atoms with E-state index >= 15 is 0 Å². The third-order valence-electron chi connectivity index (χ3n) is 2.39. The van der Waals surface area contributed by atoms with Crippen LogP contribution in [-0.2, 0) is 0 Å². The van der Waals surface area contributed by atoms with Gasteiger partial charge in [0.05, 0.1) is 6.10 Å². The standard InChI is InChI=1S/C11H22N4O/c1-11(2,3)8-13-14(4)10(12)15-6-5-9(16)7-15/h8-9,12,16H,5-7H2,1-4H3/b12-10?,13-8+. The summed E-state index contributed by atoms with van der Waals surface area (Å²) >= 11 is 0. The van der Waals surface area contributed by atoms with Crippen molar-refractivity contribution in [3.63, 3.8) is 0 Å². The fourth-order valence-electron chi connectivity index (χ4n) is 1.45. The number of guanidine groups is 1. The summed E-state index contributed by atoms with van der Waals surface area (Å²) in [6.07, 6.45) is 2.26. The zero-order valence-corrected chi connectivity index (χ0v) is 10.6. The minimum Gasteiger partial charge on any atom is -0.391 e. The Morgan fingerprint density at radius 3 is 2.62 bits per heavy atom. The monoisotopic (exact) mass is 226 g/mol. The number of hydrogen-bond donors (Lipinski definition) is 2. The first kappa shape index (κ1) is 13.0. The first-order chi connectivity index (χ1) is 7.29. The number of aliphatic hydroxyl groups is 1. The Hall–Kier alpha value is -1.10. The maximum atomic E-state index is 9.39. The molecular formula is C11H22N4O. The minimum atomic E-state index is -0.305. The van der Waals surface area contributed by atoms with Gasteiger partial charge in [-0.2, -0.15) is 5.10 Å². The Balaban J connectivity index is 2.51. The lowest BCUT2D eigenvalue weighted by atomic mass is 9.99. The first-order valence-electron chi connectivity index (χ1n) is 5.60. The molecule has 0 aromatic heterocycles. The van der Waals surface area contributed by atoms with E-state index in [1.165, 1.54) is 0 Å². The Kier molecular flexibility index (Phi) is 3.91. The molecule has 1 saturated heterocycles. The molecule has 1 rings (SSSR count). The molecule has 1 aliphatic rings. The van der Waals surface area contributed by atoms with Crippen LogP contribution in [0.3, 0.4) is 0 Å². The second kappa shape index (κ2) is 4.82. The third-order valence-corrected chi connectivity index (χ3v) is 2.39. The van der Waals surface area contributed by atoms with E-state index in [0.717, 1.165) is 13.0 Å². The average Bonchev–Trinajstić information content (AvgIpc) is 2.59. The van der Waals surface area contributed by atoms with E-state index in [2.05, 4.69) is 25.9 Å². The summed E-state index contributed by atoms with van der Waals surface area (Å²) in [5.41, 5.74) is 0.0130. The molecule has 0 spiro atoms. The molecule has 16 heavy (non-hydrogen) atoms. The van der Waals surface area contributed by atoms with Crippen molar-refractivity contribution in [3.8, 4) is 0 Å². The van der Waals surface area contributed by atoms with E-state index in [9.17, 15) is 5.11 Å². The molecule has 0 aromatic carbocycles. The van der Waals surface area contributed by atoms with Crippen LogP contribution < -0.4 is 0 Å². The second-order valence-electron chi connectivity index (χ2n) is 5.35. The van der Waals surface area contributed by atoms with Gasteiger partial charge >= 0.3 is 0 Å². The van der Waals surface area contributed by atoms with E-state index in [0.29, 0.717) is 12.5 Å². The number of likely N-dealkylation sites (tertiary alicyclic amines) is 1. The highest BCUT2D eigenvalue weighted by Crippen LogP contribution is 2.12. The van der Waals surface area contributed by atoms with Crippen LogP contribution >= 0.6 is 0 Å². The van der Waals surface area contributed by atoms with E-state index in [1.807, 2.05) is 11.1 Å². The first-order valence-corrected chi connectivity index (χ1v) is 5.60. The number of aliphatic hydroxyl groups excluding tert-OH is 1. The number of nitrogens with one attached hydrogen (secondary N) is 1. The van der Waals surface area contributed by atoms with Gasteiger partial charge in [0, 0.05) is 26.4 Å². The summed E-state index contributed by atoms with van der Waals surface area (Å²) in [6.45, 7) is 7.46. The molecule has 1 aliphatic heterocycles. The van der Waals surface area contributed by atoms with Gasteiger partial charge in [0.2, 0.25) is 5.96 Å². The Morgan fingerprint density at radius 1 is 1.56 bits per heavy atom. The average molecular weight is 226 g/mol. The molecule has 1 fully saturated rings. The lowest BCUT2D eigenvalue weighted by Crippen LogP contribution is -2.38. The zero-order chi connectivity index (χ0) is 12.3. The summed E-state index contributed by atoms with van der Waals surface area (Å²) in [6, 6.07) is 0. The number of β-amino-alcohol motifs (C(OH)–C–C–N with tert-alkyl or cyclic N) is 1. The lowest BCUT2D eigenvalue weighted by molar-refractivity contribution is 0.186. The highest BCUT2D eigenvalue weighted by Gasteiger charge is 2.24. The van der Waals surface area contributed by atoms with Crippen LogP contribution in [0, 0.1) is 10.8 Å². The Morgan fingerprint density at radius 2 is 2.19 bits per heavy atom. The number of hydrogen-bond acceptors (Lipinski definition) is 3. The predicted molar refractivity (Wildman–Crippen MR) is 65.6 cm³/mol. The van der Waals surface area contributed by atoms with Gasteiger partial charge in [0.1, 0.15) is 0 Å². The molecule has 0 bridgehead atoms. The topological polar surface area (TPSA) is 62.9 Å². The van der Waals surface area contributed by atoms with Gasteiger partial charge in [0.15, 0.2) is 0 Å². The van der Waals surface area contributed by atoms with Crippen molar-refractivity contribution in [2.75, 3.05) is 20.1 Å². The highest BCUT2D eigenvalue weighted by molar-refractivity contribution is 5.78. The summed E-state index contributed by atoms with van der Waals surface area (Å²) in [5.74, 6) is 0.344. The van der Waals surface area contributed by atoms with Crippen LogP contribution in [0.15, 0.2) is 5.10 Å². The molecule has 5 nitrogen and oxygen atoms in total. The van der Waals surface area contributed by atoms with Gasteiger partial charge in [-0.3, -0.25) is 5.41 Å². The molecular weight excluding hydrogens is 204 g/mol. The number of rotatable bonds is 1. The molecule has 1 heterocycles. The van der Waals surface area contributed by atoms with Gasteiger partial charge < -0.3 is 10.0 Å². The van der Waals surface area contributed by atoms with Gasteiger partial charge in [-0.1, -0.05) is 20.8 Å². The molecule has 1 atom stereocenters. The van der Waals surface area contributed by atoms with E-state index in [-0.39, 0.29) is 11.5 Å². The minimum absolute atomic E-state index is 0.0130. The summed E-state index contributed by atoms with van der Waals surface area (Å²) < 4.78 is 0. The van der Waals surface area contributed by atoms with Crippen molar-refractivity contribution in [1.29, 1.82) is 5.41 Å². The van der Waals surface area contributed by atoms with Crippen LogP contribution in [0.1, 0.15) is 27.2 Å². The van der Waals surface area contributed by atoms with Gasteiger partial charge in [-0.05, 0) is 11.8 Å². The largest absolute Gasteiger partial charge is 0.391 e. The Labute approximate surface area is 97.2 Å². The molecule has 0 saturated carbocycles. The fourth-order valence-corrected chi connectivity index (χ4v) is 1.45. The molecule has 0 radical (unpaired) electrons. The molecule has 2 N–H and O–H groups in total. The molecule has 0 aromatic rings. The Bertz CT molecular complexity index is 282. The third kappa shape index (κ3) is 3.81. The van der Waals surface area contributed by atoms with Gasteiger partial charge in [-0.25, -0.2) is 5.01 Å². The van der Waals surface area contributed by atoms with Crippen LogP contribution in [0.25, 0.3) is 0 Å². The summed E-state index contributed by atoms with van der Waals surface area (Å²) in [7, 11) is 1.76. The van der Waals surface area contributed by atoms with Crippen molar-refractivity contribution < 1.29 is 5.11 Å². The van der Waals surface area contributed by atoms with Crippen molar-refractivity contribution in [2.45, 2.75) is 33.3 Å². The van der Waals surface area contributed by atoms with Gasteiger partial charge in [0.25, 0.3) is 0 Å². The molecule has 1 unspecified atom stereocenters. The normalized spacial score (nSPS) is 21.8. The van der Waals surface area contributed by atoms with Crippen LogP contribution in [0.5, 0.6) is 0 Å². The number of nitrogens with zero attached hydrogens (tertiary/aromatic N) is 3. The van der Waals surface area contributed by atoms with Gasteiger partial charge in [-0.15, -0.1) is 0 Å². The SMILES string of the molecule is CN(/N=C/C(C)(C)C)C(=N)N1CCC(O)C1. The maximum Gasteiger partial charge on any atom is 0.214 e. The fraction of sp³-hybridized carbons (Fsp3) is 0.818. The van der Waals surface area contributed by atoms with Crippen molar-refractivity contribution in [3.05, 3.63) is 0 Å². The maximum absolute atomic E-state index is 9.39. The lowest BCUT2D eigenvalue weighted by Gasteiger charge is -2.24. The number of hydrazone groups is 1. The molecule has 92 valence electrons. The van der Waals surface area contributed by atoms with Crippen molar-refractivity contribution >= 4 is 12.2 Å². The van der Waals surface area contributed by atoms with Crippen LogP contribution in [0.2, 0.25) is 0 Å². The smallest absolute Gasteiger partial charge is 0.214 e. The quantitative estimate of drug-likeness (QED) is 0.397. The molecule has 0 aliphatic carbocycles. The zero-order valence-electron chi connectivity index (χ0n) is 10.6. The van der Waals surface area contributed by atoms with E-state index in [4.69, 9.17) is 5.41 Å². The van der Waals surface area contributed by atoms with Crippen molar-refractivity contribution in [2.24, 2.45) is 10.5 Å². The van der Waals surface area contributed by atoms with Crippen LogP contribution in [-0.4, -0.2) is 53.4 Å². The van der Waals surface area contributed by atoms with Crippen molar-refractivity contribution in [1.82, 2.24) is 9.91 Å². The van der Waals surface area contributed by atoms with Crippen LogP contribution in [0.4, 0.5) is 0 Å². The van der Waals surface area contributed by atoms with E-state index < -0.39 is 0 Å².